The van der Waals surface area contributed by atoms with Gasteiger partial charge in [0.25, 0.3) is 8.32 Å². The molecule has 1 aromatic carbocycles. The van der Waals surface area contributed by atoms with Crippen molar-refractivity contribution in [2.45, 2.75) is 116 Å². The summed E-state index contributed by atoms with van der Waals surface area (Å²) < 4.78 is 25.0. The Morgan fingerprint density at radius 3 is 2.11 bits per heavy atom. The predicted molar refractivity (Wildman–Crippen MR) is 157 cm³/mol. The summed E-state index contributed by atoms with van der Waals surface area (Å²) in [6, 6.07) is 3.66. The average Bonchev–Trinajstić information content (AvgIpc) is 3.45. The van der Waals surface area contributed by atoms with Gasteiger partial charge < -0.3 is 18.3 Å². The third kappa shape index (κ3) is 7.27. The molecular formula is C30H46O6Si2. The summed E-state index contributed by atoms with van der Waals surface area (Å²) >= 11 is 0. The van der Waals surface area contributed by atoms with Crippen molar-refractivity contribution in [3.63, 3.8) is 0 Å². The van der Waals surface area contributed by atoms with Gasteiger partial charge in [-0.2, -0.15) is 0 Å². The number of carbonyl (C=O) groups excluding carboxylic acids is 2. The lowest BCUT2D eigenvalue weighted by atomic mass is 10.00. The lowest BCUT2D eigenvalue weighted by Gasteiger charge is -2.38. The van der Waals surface area contributed by atoms with Gasteiger partial charge in [-0.05, 0) is 60.9 Å². The molecule has 210 valence electrons. The van der Waals surface area contributed by atoms with Gasteiger partial charge in [-0.25, -0.2) is 4.79 Å². The molecule has 0 aliphatic carbocycles. The topological polar surface area (TPSA) is 74.4 Å². The van der Waals surface area contributed by atoms with E-state index < -0.39 is 22.6 Å². The minimum absolute atomic E-state index is 0.00359. The number of hydrogen-bond donors (Lipinski definition) is 0. The molecule has 2 heterocycles. The Morgan fingerprint density at radius 2 is 1.50 bits per heavy atom. The number of ether oxygens (including phenoxy) is 2. The fourth-order valence-electron chi connectivity index (χ4n) is 3.75. The molecular weight excluding hydrogens is 512 g/mol. The van der Waals surface area contributed by atoms with Crippen LogP contribution in [0.25, 0.3) is 0 Å². The zero-order chi connectivity index (χ0) is 28.7. The molecule has 0 saturated carbocycles. The van der Waals surface area contributed by atoms with Crippen molar-refractivity contribution >= 4 is 28.4 Å². The Bertz CT molecular complexity index is 1120. The summed E-state index contributed by atoms with van der Waals surface area (Å²) in [5, 5.41) is -0.125. The van der Waals surface area contributed by atoms with Crippen LogP contribution >= 0.6 is 0 Å². The molecule has 0 spiro atoms. The number of fused-ring (bicyclic) bond motifs is 2. The van der Waals surface area contributed by atoms with E-state index in [9.17, 15) is 9.59 Å². The van der Waals surface area contributed by atoms with Crippen LogP contribution in [0.3, 0.4) is 0 Å². The van der Waals surface area contributed by atoms with E-state index in [0.29, 0.717) is 29.0 Å². The Balaban J connectivity index is 2.17. The SMILES string of the molecule is C[C@@H]1C[C@@H]2O[C@@H]2/C=C/C=C/C(=O)Cc2cc(O[Si](C)(C)C(C)(C)C)cc(O[Si](C)(C)C(C)(C)C)c2C(=O)O1. The molecule has 1 fully saturated rings. The maximum Gasteiger partial charge on any atom is 0.342 e. The summed E-state index contributed by atoms with van der Waals surface area (Å²) in [7, 11) is -4.56. The number of rotatable bonds is 4. The molecule has 0 bridgehead atoms. The van der Waals surface area contributed by atoms with Gasteiger partial charge in [0.15, 0.2) is 5.78 Å². The van der Waals surface area contributed by atoms with Crippen LogP contribution in [-0.2, 0) is 20.7 Å². The van der Waals surface area contributed by atoms with Crippen molar-refractivity contribution in [2.24, 2.45) is 0 Å². The number of benzene rings is 1. The highest BCUT2D eigenvalue weighted by molar-refractivity contribution is 6.75. The van der Waals surface area contributed by atoms with Crippen LogP contribution in [0.1, 0.15) is 70.8 Å². The molecule has 2 aliphatic rings. The van der Waals surface area contributed by atoms with E-state index in [-0.39, 0.29) is 40.6 Å². The number of hydrogen-bond acceptors (Lipinski definition) is 6. The second-order valence-corrected chi connectivity index (χ2v) is 23.1. The molecule has 6 nitrogen and oxygen atoms in total. The van der Waals surface area contributed by atoms with E-state index in [1.54, 1.807) is 6.08 Å². The Morgan fingerprint density at radius 1 is 0.895 bits per heavy atom. The van der Waals surface area contributed by atoms with Gasteiger partial charge in [0.2, 0.25) is 8.32 Å². The Kier molecular flexibility index (Phi) is 8.61. The molecule has 0 N–H and O–H groups in total. The van der Waals surface area contributed by atoms with Crippen LogP contribution < -0.4 is 8.85 Å². The van der Waals surface area contributed by atoms with Gasteiger partial charge in [-0.1, -0.05) is 59.8 Å². The van der Waals surface area contributed by atoms with Gasteiger partial charge in [-0.15, -0.1) is 0 Å². The van der Waals surface area contributed by atoms with Crippen LogP contribution in [0.5, 0.6) is 11.5 Å². The van der Waals surface area contributed by atoms with Gasteiger partial charge in [0, 0.05) is 18.9 Å². The summed E-state index contributed by atoms with van der Waals surface area (Å²) in [5.74, 6) is 0.452. The first-order chi connectivity index (χ1) is 17.3. The van der Waals surface area contributed by atoms with Crippen LogP contribution in [0.4, 0.5) is 0 Å². The second kappa shape index (κ2) is 10.8. The van der Waals surface area contributed by atoms with Crippen molar-refractivity contribution in [3.8, 4) is 11.5 Å². The largest absolute Gasteiger partial charge is 0.543 e. The van der Waals surface area contributed by atoms with E-state index >= 15 is 0 Å². The van der Waals surface area contributed by atoms with Crippen LogP contribution in [0.2, 0.25) is 36.3 Å². The summed E-state index contributed by atoms with van der Waals surface area (Å²) in [6.07, 6.45) is 7.32. The van der Waals surface area contributed by atoms with E-state index in [0.717, 1.165) is 0 Å². The Hall–Kier alpha value is -2.17. The molecule has 8 heteroatoms. The quantitative estimate of drug-likeness (QED) is 0.218. The number of ketones is 1. The summed E-state index contributed by atoms with van der Waals surface area (Å²) in [6.45, 7) is 23.5. The van der Waals surface area contributed by atoms with E-state index in [1.165, 1.54) is 6.08 Å². The van der Waals surface area contributed by atoms with E-state index in [4.69, 9.17) is 18.3 Å². The van der Waals surface area contributed by atoms with Crippen molar-refractivity contribution in [2.75, 3.05) is 0 Å². The number of esters is 1. The van der Waals surface area contributed by atoms with Gasteiger partial charge >= 0.3 is 5.97 Å². The number of epoxide rings is 1. The first-order valence-corrected chi connectivity index (χ1v) is 19.4. The molecule has 0 aromatic heterocycles. The molecule has 0 radical (unpaired) electrons. The monoisotopic (exact) mass is 558 g/mol. The number of carbonyl (C=O) groups is 2. The van der Waals surface area contributed by atoms with E-state index in [1.807, 2.05) is 31.2 Å². The van der Waals surface area contributed by atoms with Crippen LogP contribution in [0.15, 0.2) is 36.4 Å². The number of cyclic esters (lactones) is 1. The lowest BCUT2D eigenvalue weighted by Crippen LogP contribution is -2.45. The molecule has 1 saturated heterocycles. The zero-order valence-electron chi connectivity index (χ0n) is 25.1. The summed E-state index contributed by atoms with van der Waals surface area (Å²) in [4.78, 5) is 26.7. The predicted octanol–water partition coefficient (Wildman–Crippen LogP) is 7.40. The average molecular weight is 559 g/mol. The minimum Gasteiger partial charge on any atom is -0.543 e. The van der Waals surface area contributed by atoms with E-state index in [2.05, 4.69) is 67.7 Å². The van der Waals surface area contributed by atoms with Crippen molar-refractivity contribution < 1.29 is 27.9 Å². The van der Waals surface area contributed by atoms with Crippen molar-refractivity contribution in [3.05, 3.63) is 47.6 Å². The standard InChI is InChI=1S/C30H46O6Si2/c1-20-16-25-24(34-25)15-13-12-14-22(31)17-21-18-23(35-37(8,9)29(2,3)4)19-26(27(21)28(32)33-20)36-38(10,11)30(5,6)7/h12-15,18-20,24-25H,16-17H2,1-11H3/b14-12+,15-13+/t20-,24-,25+/m1/s1. The number of allylic oxidation sites excluding steroid dienone is 3. The molecule has 3 rings (SSSR count). The van der Waals surface area contributed by atoms with Gasteiger partial charge in [-0.3, -0.25) is 4.79 Å². The maximum absolute atomic E-state index is 13.7. The summed E-state index contributed by atoms with van der Waals surface area (Å²) in [5.41, 5.74) is 0.871. The third-order valence-electron chi connectivity index (χ3n) is 8.26. The zero-order valence-corrected chi connectivity index (χ0v) is 27.1. The van der Waals surface area contributed by atoms with Crippen molar-refractivity contribution in [1.29, 1.82) is 0 Å². The first-order valence-electron chi connectivity index (χ1n) is 13.6. The van der Waals surface area contributed by atoms with Crippen LogP contribution in [-0.4, -0.2) is 46.7 Å². The molecule has 2 aliphatic heterocycles. The molecule has 1 aromatic rings. The minimum atomic E-state index is -2.36. The highest BCUT2D eigenvalue weighted by Gasteiger charge is 2.42. The molecule has 38 heavy (non-hydrogen) atoms. The maximum atomic E-state index is 13.7. The fourth-order valence-corrected chi connectivity index (χ4v) is 5.78. The molecule has 0 amide bonds. The highest BCUT2D eigenvalue weighted by Crippen LogP contribution is 2.43. The van der Waals surface area contributed by atoms with Crippen molar-refractivity contribution in [1.82, 2.24) is 0 Å². The van der Waals surface area contributed by atoms with Crippen LogP contribution in [0, 0.1) is 0 Å². The molecule has 3 atom stereocenters. The lowest BCUT2D eigenvalue weighted by molar-refractivity contribution is -0.114. The first kappa shape index (κ1) is 30.4. The van der Waals surface area contributed by atoms with Gasteiger partial charge in [0.1, 0.15) is 29.3 Å². The fraction of sp³-hybridized carbons (Fsp3) is 0.600. The smallest absolute Gasteiger partial charge is 0.342 e. The second-order valence-electron chi connectivity index (χ2n) is 13.7. The Labute approximate surface area is 231 Å². The van der Waals surface area contributed by atoms with Gasteiger partial charge in [0.05, 0.1) is 6.10 Å². The highest BCUT2D eigenvalue weighted by atomic mass is 28.4. The third-order valence-corrected chi connectivity index (χ3v) is 17.0. The molecule has 0 unspecified atom stereocenters. The normalized spacial score (nSPS) is 24.9.